The van der Waals surface area contributed by atoms with Gasteiger partial charge in [-0.15, -0.1) is 0 Å². The zero-order chi connectivity index (χ0) is 21.8. The van der Waals surface area contributed by atoms with E-state index in [4.69, 9.17) is 4.74 Å². The van der Waals surface area contributed by atoms with Gasteiger partial charge in [0.2, 0.25) is 0 Å². The average Bonchev–Trinajstić information content (AvgIpc) is 3.18. The Morgan fingerprint density at radius 2 is 1.94 bits per heavy atom. The largest absolute Gasteiger partial charge is 0.495 e. The Balaban J connectivity index is 1.55. The molecule has 0 aliphatic carbocycles. The molecular weight excluding hydrogens is 458 g/mol. The first-order valence-electron chi connectivity index (χ1n) is 9.69. The van der Waals surface area contributed by atoms with Crippen LogP contribution >= 0.6 is 15.9 Å². The number of pyridine rings is 1. The Labute approximate surface area is 188 Å². The van der Waals surface area contributed by atoms with Gasteiger partial charge in [0.05, 0.1) is 24.0 Å². The lowest BCUT2D eigenvalue weighted by atomic mass is 10.2. The van der Waals surface area contributed by atoms with Crippen molar-refractivity contribution in [3.05, 3.63) is 77.0 Å². The fourth-order valence-corrected chi connectivity index (χ4v) is 3.79. The van der Waals surface area contributed by atoms with Gasteiger partial charge in [0.25, 0.3) is 0 Å². The van der Waals surface area contributed by atoms with Gasteiger partial charge in [-0.1, -0.05) is 22.0 Å². The molecule has 0 fully saturated rings. The van der Waals surface area contributed by atoms with Crippen LogP contribution in [0.2, 0.25) is 0 Å². The van der Waals surface area contributed by atoms with Gasteiger partial charge in [-0.05, 0) is 54.1 Å². The van der Waals surface area contributed by atoms with Crippen molar-refractivity contribution >= 4 is 50.1 Å². The van der Waals surface area contributed by atoms with Crippen LogP contribution in [0.5, 0.6) is 5.75 Å². The topological polar surface area (TPSA) is 80.2 Å². The summed E-state index contributed by atoms with van der Waals surface area (Å²) in [5.74, 6) is 1.41. The second kappa shape index (κ2) is 9.09. The molecule has 0 unspecified atom stereocenters. The molecule has 0 saturated heterocycles. The number of ether oxygens (including phenoxy) is 1. The number of hydrogen-bond donors (Lipinski definition) is 3. The van der Waals surface area contributed by atoms with Gasteiger partial charge in [-0.2, -0.15) is 0 Å². The number of hydrogen-bond acceptors (Lipinski definition) is 4. The predicted octanol–water partition coefficient (Wildman–Crippen LogP) is 5.54. The van der Waals surface area contributed by atoms with Crippen LogP contribution in [0.1, 0.15) is 5.56 Å². The number of benzene rings is 2. The van der Waals surface area contributed by atoms with Crippen LogP contribution in [-0.2, 0) is 6.54 Å². The first-order chi connectivity index (χ1) is 15.1. The first kappa shape index (κ1) is 20.7. The van der Waals surface area contributed by atoms with E-state index >= 15 is 0 Å². The highest BCUT2D eigenvalue weighted by Gasteiger charge is 2.12. The van der Waals surface area contributed by atoms with Crippen LogP contribution in [0.3, 0.4) is 0 Å². The minimum atomic E-state index is -0.343. The SMILES string of the molecule is CNc1cc(Cn2ccc3c(NC(=O)Nc4cc(Br)ccc4OC)cccc32)ccn1. The molecule has 8 heteroatoms. The zero-order valence-electron chi connectivity index (χ0n) is 17.1. The molecule has 0 radical (unpaired) electrons. The molecule has 0 bridgehead atoms. The number of urea groups is 1. The second-order valence-electron chi connectivity index (χ2n) is 6.91. The van der Waals surface area contributed by atoms with E-state index in [1.54, 1.807) is 25.4 Å². The third-order valence-electron chi connectivity index (χ3n) is 4.91. The number of amides is 2. The lowest BCUT2D eigenvalue weighted by Crippen LogP contribution is -2.20. The van der Waals surface area contributed by atoms with Crippen molar-refractivity contribution in [2.45, 2.75) is 6.54 Å². The second-order valence-corrected chi connectivity index (χ2v) is 7.82. The van der Waals surface area contributed by atoms with Crippen molar-refractivity contribution < 1.29 is 9.53 Å². The van der Waals surface area contributed by atoms with Crippen molar-refractivity contribution in [3.8, 4) is 5.75 Å². The molecule has 0 atom stereocenters. The van der Waals surface area contributed by atoms with Crippen molar-refractivity contribution in [1.82, 2.24) is 9.55 Å². The van der Waals surface area contributed by atoms with Gasteiger partial charge >= 0.3 is 6.03 Å². The fourth-order valence-electron chi connectivity index (χ4n) is 3.43. The summed E-state index contributed by atoms with van der Waals surface area (Å²) in [7, 11) is 3.42. The van der Waals surface area contributed by atoms with E-state index in [9.17, 15) is 4.79 Å². The third-order valence-corrected chi connectivity index (χ3v) is 5.40. The number of aromatic nitrogens is 2. The van der Waals surface area contributed by atoms with Gasteiger partial charge in [0, 0.05) is 35.8 Å². The maximum Gasteiger partial charge on any atom is 0.323 e. The van der Waals surface area contributed by atoms with Gasteiger partial charge < -0.3 is 25.3 Å². The molecule has 3 N–H and O–H groups in total. The minimum Gasteiger partial charge on any atom is -0.495 e. The molecular formula is C23H22BrN5O2. The molecule has 2 aromatic heterocycles. The first-order valence-corrected chi connectivity index (χ1v) is 10.5. The summed E-state index contributed by atoms with van der Waals surface area (Å²) in [5, 5.41) is 9.81. The number of anilines is 3. The van der Waals surface area contributed by atoms with E-state index in [1.807, 2.05) is 55.7 Å². The molecule has 7 nitrogen and oxygen atoms in total. The van der Waals surface area contributed by atoms with E-state index in [-0.39, 0.29) is 6.03 Å². The lowest BCUT2D eigenvalue weighted by Gasteiger charge is -2.12. The van der Waals surface area contributed by atoms with Crippen LogP contribution in [0, 0.1) is 0 Å². The van der Waals surface area contributed by atoms with Crippen molar-refractivity contribution in [1.29, 1.82) is 0 Å². The van der Waals surface area contributed by atoms with Gasteiger partial charge in [0.1, 0.15) is 11.6 Å². The molecule has 0 aliphatic heterocycles. The number of fused-ring (bicyclic) bond motifs is 1. The summed E-state index contributed by atoms with van der Waals surface area (Å²) < 4.78 is 8.31. The number of carbonyl (C=O) groups is 1. The average molecular weight is 480 g/mol. The molecule has 4 rings (SSSR count). The summed E-state index contributed by atoms with van der Waals surface area (Å²) in [6.07, 6.45) is 3.81. The highest BCUT2D eigenvalue weighted by Crippen LogP contribution is 2.29. The zero-order valence-corrected chi connectivity index (χ0v) is 18.7. The summed E-state index contributed by atoms with van der Waals surface area (Å²) in [6, 6.07) is 17.0. The predicted molar refractivity (Wildman–Crippen MR) is 128 cm³/mol. The molecule has 0 saturated carbocycles. The maximum absolute atomic E-state index is 12.7. The summed E-state index contributed by atoms with van der Waals surface area (Å²) in [6.45, 7) is 0.700. The number of nitrogens with zero attached hydrogens (tertiary/aromatic N) is 2. The molecule has 0 spiro atoms. The van der Waals surface area contributed by atoms with Gasteiger partial charge in [-0.3, -0.25) is 0 Å². The van der Waals surface area contributed by atoms with Crippen LogP contribution in [0.25, 0.3) is 10.9 Å². The van der Waals surface area contributed by atoms with E-state index in [1.165, 1.54) is 0 Å². The van der Waals surface area contributed by atoms with Crippen molar-refractivity contribution in [3.63, 3.8) is 0 Å². The van der Waals surface area contributed by atoms with Crippen LogP contribution in [0.15, 0.2) is 71.5 Å². The van der Waals surface area contributed by atoms with Crippen molar-refractivity contribution in [2.24, 2.45) is 0 Å². The fraction of sp³-hybridized carbons (Fsp3) is 0.130. The Kier molecular flexibility index (Phi) is 6.08. The molecule has 158 valence electrons. The molecule has 31 heavy (non-hydrogen) atoms. The normalized spacial score (nSPS) is 10.7. The Bertz CT molecular complexity index is 1240. The quantitative estimate of drug-likeness (QED) is 0.339. The highest BCUT2D eigenvalue weighted by atomic mass is 79.9. The highest BCUT2D eigenvalue weighted by molar-refractivity contribution is 9.10. The number of carbonyl (C=O) groups excluding carboxylic acids is 1. The monoisotopic (exact) mass is 479 g/mol. The maximum atomic E-state index is 12.7. The molecule has 0 aliphatic rings. The van der Waals surface area contributed by atoms with E-state index in [0.29, 0.717) is 18.0 Å². The summed E-state index contributed by atoms with van der Waals surface area (Å²) >= 11 is 3.42. The number of methoxy groups -OCH3 is 1. The molecule has 2 amide bonds. The van der Waals surface area contributed by atoms with Crippen LogP contribution < -0.4 is 20.7 Å². The lowest BCUT2D eigenvalue weighted by molar-refractivity contribution is 0.262. The van der Waals surface area contributed by atoms with Gasteiger partial charge in [-0.25, -0.2) is 9.78 Å². The Hall–Kier alpha value is -3.52. The minimum absolute atomic E-state index is 0.343. The summed E-state index contributed by atoms with van der Waals surface area (Å²) in [5.41, 5.74) is 3.47. The number of rotatable bonds is 6. The summed E-state index contributed by atoms with van der Waals surface area (Å²) in [4.78, 5) is 16.9. The van der Waals surface area contributed by atoms with E-state index in [2.05, 4.69) is 41.4 Å². The standard InChI is InChI=1S/C23H22BrN5O2/c1-25-22-12-15(8-10-26-22)14-29-11-9-17-18(4-3-5-20(17)29)27-23(30)28-19-13-16(24)6-7-21(19)31-2/h3-13H,14H2,1-2H3,(H,25,26)(H2,27,28,30). The Morgan fingerprint density at radius 1 is 1.10 bits per heavy atom. The van der Waals surface area contributed by atoms with Crippen LogP contribution in [-0.4, -0.2) is 29.7 Å². The number of nitrogens with one attached hydrogen (secondary N) is 3. The number of halogens is 1. The van der Waals surface area contributed by atoms with E-state index < -0.39 is 0 Å². The molecule has 2 heterocycles. The third kappa shape index (κ3) is 4.64. The van der Waals surface area contributed by atoms with Crippen LogP contribution in [0.4, 0.5) is 22.0 Å². The molecule has 2 aromatic carbocycles. The molecule has 4 aromatic rings. The van der Waals surface area contributed by atoms with Crippen molar-refractivity contribution in [2.75, 3.05) is 30.1 Å². The van der Waals surface area contributed by atoms with Gasteiger partial charge in [0.15, 0.2) is 0 Å². The smallest absolute Gasteiger partial charge is 0.323 e. The Morgan fingerprint density at radius 3 is 2.74 bits per heavy atom. The van der Waals surface area contributed by atoms with E-state index in [0.717, 1.165) is 32.4 Å².